The summed E-state index contributed by atoms with van der Waals surface area (Å²) in [5.74, 6) is 0.591. The molecular formula is C13H16N4O3. The van der Waals surface area contributed by atoms with Crippen molar-refractivity contribution in [2.45, 2.75) is 6.54 Å². The summed E-state index contributed by atoms with van der Waals surface area (Å²) in [7, 11) is 2.99. The monoisotopic (exact) mass is 276 g/mol. The van der Waals surface area contributed by atoms with Crippen LogP contribution >= 0.6 is 0 Å². The fourth-order valence-electron chi connectivity index (χ4n) is 1.73. The van der Waals surface area contributed by atoms with Crippen molar-refractivity contribution in [3.05, 3.63) is 35.9 Å². The molecule has 0 saturated heterocycles. The number of H-pyrrole nitrogens is 1. The number of anilines is 1. The number of carbonyl (C=O) groups is 1. The summed E-state index contributed by atoms with van der Waals surface area (Å²) in [6.45, 7) is 0.331. The topological polar surface area (TPSA) is 102 Å². The maximum absolute atomic E-state index is 12.2. The predicted octanol–water partition coefficient (Wildman–Crippen LogP) is 0.939. The van der Waals surface area contributed by atoms with Crippen LogP contribution in [0.5, 0.6) is 11.5 Å². The molecule has 1 heterocycles. The van der Waals surface area contributed by atoms with E-state index in [4.69, 9.17) is 15.2 Å². The minimum atomic E-state index is -0.311. The van der Waals surface area contributed by atoms with Gasteiger partial charge in [0.15, 0.2) is 0 Å². The molecule has 1 aromatic carbocycles. The number of carbonyl (C=O) groups excluding carboxylic acids is 1. The molecule has 0 atom stereocenters. The van der Waals surface area contributed by atoms with E-state index in [0.29, 0.717) is 23.6 Å². The summed E-state index contributed by atoms with van der Waals surface area (Å²) in [5, 5.41) is 2.74. The fourth-order valence-corrected chi connectivity index (χ4v) is 1.73. The number of nitrogens with one attached hydrogen (secondary N) is 2. The van der Waals surface area contributed by atoms with E-state index in [-0.39, 0.29) is 11.6 Å². The number of ether oxygens (including phenoxy) is 2. The standard InChI is InChI=1S/C13H16N4O3/c1-19-9-3-10(12(14)11(4-9)20-2)13(18)16-6-8-5-15-7-17-8/h3-5,7H,6,14H2,1-2H3,(H,15,17)(H,16,18). The Hall–Kier alpha value is -2.70. The van der Waals surface area contributed by atoms with Crippen molar-refractivity contribution >= 4 is 11.6 Å². The van der Waals surface area contributed by atoms with Crippen LogP contribution in [0.1, 0.15) is 16.1 Å². The molecule has 0 saturated carbocycles. The molecule has 0 radical (unpaired) electrons. The summed E-state index contributed by atoms with van der Waals surface area (Å²) in [5.41, 5.74) is 7.28. The molecule has 4 N–H and O–H groups in total. The number of amides is 1. The molecule has 0 aliphatic heterocycles. The number of nitrogen functional groups attached to an aromatic ring is 1. The van der Waals surface area contributed by atoms with E-state index in [1.54, 1.807) is 24.7 Å². The van der Waals surface area contributed by atoms with Gasteiger partial charge in [0.2, 0.25) is 0 Å². The predicted molar refractivity (Wildman–Crippen MR) is 73.7 cm³/mol. The van der Waals surface area contributed by atoms with Gasteiger partial charge in [-0.1, -0.05) is 0 Å². The lowest BCUT2D eigenvalue weighted by Gasteiger charge is -2.12. The van der Waals surface area contributed by atoms with Crippen LogP contribution in [0, 0.1) is 0 Å². The van der Waals surface area contributed by atoms with Gasteiger partial charge in [0.25, 0.3) is 5.91 Å². The first-order chi connectivity index (χ1) is 9.65. The van der Waals surface area contributed by atoms with Crippen LogP contribution in [0.4, 0.5) is 5.69 Å². The van der Waals surface area contributed by atoms with E-state index in [9.17, 15) is 4.79 Å². The highest BCUT2D eigenvalue weighted by molar-refractivity contribution is 6.00. The van der Waals surface area contributed by atoms with Gasteiger partial charge in [0.05, 0.1) is 44.0 Å². The lowest BCUT2D eigenvalue weighted by Crippen LogP contribution is -2.24. The molecule has 1 aromatic heterocycles. The van der Waals surface area contributed by atoms with Crippen LogP contribution in [0.2, 0.25) is 0 Å². The van der Waals surface area contributed by atoms with E-state index < -0.39 is 0 Å². The highest BCUT2D eigenvalue weighted by atomic mass is 16.5. The van der Waals surface area contributed by atoms with Gasteiger partial charge in [-0.3, -0.25) is 4.79 Å². The highest BCUT2D eigenvalue weighted by Crippen LogP contribution is 2.30. The van der Waals surface area contributed by atoms with Crippen molar-refractivity contribution in [1.82, 2.24) is 15.3 Å². The van der Waals surface area contributed by atoms with Gasteiger partial charge in [-0.2, -0.15) is 0 Å². The largest absolute Gasteiger partial charge is 0.497 e. The van der Waals surface area contributed by atoms with E-state index >= 15 is 0 Å². The molecule has 20 heavy (non-hydrogen) atoms. The minimum absolute atomic E-state index is 0.274. The lowest BCUT2D eigenvalue weighted by molar-refractivity contribution is 0.0950. The molecule has 0 unspecified atom stereocenters. The maximum atomic E-state index is 12.2. The average molecular weight is 276 g/mol. The number of nitrogens with two attached hydrogens (primary N) is 1. The molecule has 0 fully saturated rings. The molecule has 1 amide bonds. The number of hydrogen-bond donors (Lipinski definition) is 3. The fraction of sp³-hybridized carbons (Fsp3) is 0.231. The van der Waals surface area contributed by atoms with E-state index in [1.165, 1.54) is 14.2 Å². The van der Waals surface area contributed by atoms with Crippen LogP contribution in [0.25, 0.3) is 0 Å². The van der Waals surface area contributed by atoms with Crippen molar-refractivity contribution in [3.8, 4) is 11.5 Å². The Morgan fingerprint density at radius 2 is 2.20 bits per heavy atom. The number of benzene rings is 1. The smallest absolute Gasteiger partial charge is 0.253 e. The number of nitrogens with zero attached hydrogens (tertiary/aromatic N) is 1. The molecule has 2 aromatic rings. The Morgan fingerprint density at radius 1 is 1.40 bits per heavy atom. The zero-order valence-electron chi connectivity index (χ0n) is 11.3. The van der Waals surface area contributed by atoms with Crippen molar-refractivity contribution < 1.29 is 14.3 Å². The minimum Gasteiger partial charge on any atom is -0.497 e. The van der Waals surface area contributed by atoms with Gasteiger partial charge in [0.1, 0.15) is 11.5 Å². The third-order valence-corrected chi connectivity index (χ3v) is 2.81. The Balaban J connectivity index is 2.20. The van der Waals surface area contributed by atoms with Gasteiger partial charge < -0.3 is 25.5 Å². The molecule has 106 valence electrons. The molecule has 0 bridgehead atoms. The summed E-state index contributed by atoms with van der Waals surface area (Å²) < 4.78 is 10.2. The number of methoxy groups -OCH3 is 2. The molecule has 7 heteroatoms. The van der Waals surface area contributed by atoms with Crippen LogP contribution in [0.15, 0.2) is 24.7 Å². The summed E-state index contributed by atoms with van der Waals surface area (Å²) >= 11 is 0. The molecule has 0 spiro atoms. The third kappa shape index (κ3) is 2.82. The first kappa shape index (κ1) is 13.7. The zero-order chi connectivity index (χ0) is 14.5. The summed E-state index contributed by atoms with van der Waals surface area (Å²) in [4.78, 5) is 18.9. The first-order valence-corrected chi connectivity index (χ1v) is 5.92. The van der Waals surface area contributed by atoms with Crippen molar-refractivity contribution in [2.24, 2.45) is 0 Å². The number of hydrogen-bond acceptors (Lipinski definition) is 5. The SMILES string of the molecule is COc1cc(OC)c(N)c(C(=O)NCc2cnc[nH]2)c1. The molecular weight excluding hydrogens is 260 g/mol. The second-order valence-electron chi connectivity index (χ2n) is 4.05. The molecule has 2 rings (SSSR count). The Labute approximate surface area is 116 Å². The van der Waals surface area contributed by atoms with Crippen LogP contribution in [0.3, 0.4) is 0 Å². The number of rotatable bonds is 5. The quantitative estimate of drug-likeness (QED) is 0.705. The van der Waals surface area contributed by atoms with Crippen LogP contribution in [-0.4, -0.2) is 30.1 Å². The normalized spacial score (nSPS) is 10.1. The first-order valence-electron chi connectivity index (χ1n) is 5.92. The van der Waals surface area contributed by atoms with Gasteiger partial charge in [-0.05, 0) is 6.07 Å². The van der Waals surface area contributed by atoms with E-state index in [2.05, 4.69) is 15.3 Å². The van der Waals surface area contributed by atoms with E-state index in [1.807, 2.05) is 0 Å². The van der Waals surface area contributed by atoms with Gasteiger partial charge in [-0.25, -0.2) is 4.98 Å². The van der Waals surface area contributed by atoms with E-state index in [0.717, 1.165) is 5.69 Å². The molecule has 0 aliphatic rings. The highest BCUT2D eigenvalue weighted by Gasteiger charge is 2.15. The zero-order valence-corrected chi connectivity index (χ0v) is 11.3. The summed E-state index contributed by atoms with van der Waals surface area (Å²) in [6.07, 6.45) is 3.18. The Bertz CT molecular complexity index is 596. The Kier molecular flexibility index (Phi) is 4.09. The lowest BCUT2D eigenvalue weighted by atomic mass is 10.1. The number of imidazole rings is 1. The second-order valence-corrected chi connectivity index (χ2v) is 4.05. The van der Waals surface area contributed by atoms with Gasteiger partial charge >= 0.3 is 0 Å². The second kappa shape index (κ2) is 5.96. The van der Waals surface area contributed by atoms with Crippen molar-refractivity contribution in [3.63, 3.8) is 0 Å². The number of aromatic amines is 1. The molecule has 0 aliphatic carbocycles. The van der Waals surface area contributed by atoms with Gasteiger partial charge in [-0.15, -0.1) is 0 Å². The van der Waals surface area contributed by atoms with Gasteiger partial charge in [0, 0.05) is 12.3 Å². The third-order valence-electron chi connectivity index (χ3n) is 2.81. The Morgan fingerprint density at radius 3 is 2.80 bits per heavy atom. The van der Waals surface area contributed by atoms with Crippen molar-refractivity contribution in [2.75, 3.05) is 20.0 Å². The van der Waals surface area contributed by atoms with Crippen molar-refractivity contribution in [1.29, 1.82) is 0 Å². The summed E-state index contributed by atoms with van der Waals surface area (Å²) in [6, 6.07) is 3.20. The number of aromatic nitrogens is 2. The van der Waals surface area contributed by atoms with Crippen LogP contribution in [-0.2, 0) is 6.54 Å². The average Bonchev–Trinajstić information content (AvgIpc) is 2.98. The molecule has 7 nitrogen and oxygen atoms in total. The maximum Gasteiger partial charge on any atom is 0.253 e. The van der Waals surface area contributed by atoms with Crippen LogP contribution < -0.4 is 20.5 Å².